The molecule has 116 valence electrons. The summed E-state index contributed by atoms with van der Waals surface area (Å²) in [4.78, 5) is 4.40. The molecule has 0 saturated carbocycles. The van der Waals surface area contributed by atoms with Gasteiger partial charge in [0.2, 0.25) is 0 Å². The minimum Gasteiger partial charge on any atom is -0.491 e. The molecule has 1 aromatic heterocycles. The number of aliphatic hydroxyl groups is 1. The van der Waals surface area contributed by atoms with Gasteiger partial charge in [-0.25, -0.2) is 0 Å². The number of hydrogen-bond acceptors (Lipinski definition) is 3. The van der Waals surface area contributed by atoms with Gasteiger partial charge in [0.25, 0.3) is 0 Å². The minimum atomic E-state index is -0.569. The lowest BCUT2D eigenvalue weighted by Crippen LogP contribution is -2.20. The molecular weight excluding hydrogens is 286 g/mol. The lowest BCUT2D eigenvalue weighted by molar-refractivity contribution is 0.108. The maximum Gasteiger partial charge on any atom is 0.119 e. The van der Waals surface area contributed by atoms with E-state index in [1.165, 1.54) is 0 Å². The van der Waals surface area contributed by atoms with Crippen molar-refractivity contribution in [2.24, 2.45) is 0 Å². The maximum absolute atomic E-state index is 10.3. The number of para-hydroxylation sites is 1. The fraction of sp³-hybridized carbons (Fsp3) is 0.150. The van der Waals surface area contributed by atoms with E-state index in [9.17, 15) is 5.11 Å². The average Bonchev–Trinajstić information content (AvgIpc) is 2.62. The Bertz CT molecular complexity index is 729. The third kappa shape index (κ3) is 4.18. The molecule has 23 heavy (non-hydrogen) atoms. The van der Waals surface area contributed by atoms with Crippen molar-refractivity contribution in [3.63, 3.8) is 0 Å². The molecule has 3 heteroatoms. The molecule has 2 aromatic carbocycles. The second kappa shape index (κ2) is 7.56. The van der Waals surface area contributed by atoms with E-state index in [4.69, 9.17) is 4.74 Å². The largest absolute Gasteiger partial charge is 0.491 e. The normalized spacial score (nSPS) is 11.9. The Labute approximate surface area is 136 Å². The van der Waals surface area contributed by atoms with Crippen LogP contribution in [0.1, 0.15) is 5.56 Å². The van der Waals surface area contributed by atoms with E-state index >= 15 is 0 Å². The maximum atomic E-state index is 10.3. The zero-order valence-electron chi connectivity index (χ0n) is 12.8. The standard InChI is InChI=1S/C20H19NO2/c22-17(15-23-18-9-2-1-3-10-18)14-16-8-4-5-11-19(16)20-12-6-7-13-21-20/h1-13,17,22H,14-15H2. The van der Waals surface area contributed by atoms with Gasteiger partial charge >= 0.3 is 0 Å². The number of benzene rings is 2. The predicted molar refractivity (Wildman–Crippen MR) is 91.3 cm³/mol. The first-order valence-electron chi connectivity index (χ1n) is 7.68. The van der Waals surface area contributed by atoms with Crippen LogP contribution in [0.2, 0.25) is 0 Å². The van der Waals surface area contributed by atoms with E-state index < -0.39 is 6.10 Å². The van der Waals surface area contributed by atoms with Gasteiger partial charge in [0.1, 0.15) is 12.4 Å². The first-order valence-corrected chi connectivity index (χ1v) is 7.68. The molecule has 3 rings (SSSR count). The molecule has 0 fully saturated rings. The van der Waals surface area contributed by atoms with Crippen LogP contribution in [0, 0.1) is 0 Å². The summed E-state index contributed by atoms with van der Waals surface area (Å²) in [6.07, 6.45) is 1.74. The van der Waals surface area contributed by atoms with Gasteiger partial charge in [0.05, 0.1) is 11.8 Å². The third-order valence-electron chi connectivity index (χ3n) is 3.60. The lowest BCUT2D eigenvalue weighted by Gasteiger charge is -2.15. The fourth-order valence-corrected chi connectivity index (χ4v) is 2.49. The molecule has 1 heterocycles. The molecule has 1 atom stereocenters. The van der Waals surface area contributed by atoms with Crippen LogP contribution >= 0.6 is 0 Å². The zero-order valence-corrected chi connectivity index (χ0v) is 12.8. The zero-order chi connectivity index (χ0) is 15.9. The van der Waals surface area contributed by atoms with Gasteiger partial charge in [-0.1, -0.05) is 48.5 Å². The van der Waals surface area contributed by atoms with Crippen LogP contribution in [0.3, 0.4) is 0 Å². The van der Waals surface area contributed by atoms with Crippen LogP contribution in [0.15, 0.2) is 79.0 Å². The second-order valence-electron chi connectivity index (χ2n) is 5.35. The summed E-state index contributed by atoms with van der Waals surface area (Å²) in [6.45, 7) is 0.264. The number of nitrogens with zero attached hydrogens (tertiary/aromatic N) is 1. The molecule has 0 aliphatic heterocycles. The molecule has 3 aromatic rings. The van der Waals surface area contributed by atoms with Gasteiger partial charge in [0, 0.05) is 18.2 Å². The van der Waals surface area contributed by atoms with E-state index in [0.29, 0.717) is 6.42 Å². The van der Waals surface area contributed by atoms with E-state index in [-0.39, 0.29) is 6.61 Å². The lowest BCUT2D eigenvalue weighted by atomic mass is 9.99. The highest BCUT2D eigenvalue weighted by Gasteiger charge is 2.11. The van der Waals surface area contributed by atoms with E-state index in [2.05, 4.69) is 4.98 Å². The number of hydrogen-bond donors (Lipinski definition) is 1. The number of ether oxygens (including phenoxy) is 1. The summed E-state index contributed by atoms with van der Waals surface area (Å²) in [5, 5.41) is 10.3. The van der Waals surface area contributed by atoms with Gasteiger partial charge in [0.15, 0.2) is 0 Å². The third-order valence-corrected chi connectivity index (χ3v) is 3.60. The SMILES string of the molecule is OC(COc1ccccc1)Cc1ccccc1-c1ccccn1. The Kier molecular flexibility index (Phi) is 5.02. The molecule has 0 amide bonds. The highest BCUT2D eigenvalue weighted by Crippen LogP contribution is 2.22. The van der Waals surface area contributed by atoms with E-state index in [0.717, 1.165) is 22.6 Å². The smallest absolute Gasteiger partial charge is 0.119 e. The molecule has 0 radical (unpaired) electrons. The second-order valence-corrected chi connectivity index (χ2v) is 5.35. The molecule has 0 saturated heterocycles. The van der Waals surface area contributed by atoms with Crippen molar-refractivity contribution >= 4 is 0 Å². The molecular formula is C20H19NO2. The van der Waals surface area contributed by atoms with Crippen LogP contribution in [0.5, 0.6) is 5.75 Å². The molecule has 1 N–H and O–H groups in total. The van der Waals surface area contributed by atoms with Gasteiger partial charge in [-0.3, -0.25) is 4.98 Å². The number of aliphatic hydroxyl groups excluding tert-OH is 1. The Morgan fingerprint density at radius 2 is 1.61 bits per heavy atom. The van der Waals surface area contributed by atoms with Gasteiger partial charge in [-0.2, -0.15) is 0 Å². The number of aromatic nitrogens is 1. The van der Waals surface area contributed by atoms with Crippen LogP contribution < -0.4 is 4.74 Å². The van der Waals surface area contributed by atoms with Crippen molar-refractivity contribution in [2.45, 2.75) is 12.5 Å². The summed E-state index contributed by atoms with van der Waals surface area (Å²) < 4.78 is 5.62. The Morgan fingerprint density at radius 3 is 2.39 bits per heavy atom. The van der Waals surface area contributed by atoms with Crippen molar-refractivity contribution < 1.29 is 9.84 Å². The summed E-state index contributed by atoms with van der Waals surface area (Å²) >= 11 is 0. The van der Waals surface area contributed by atoms with Crippen molar-refractivity contribution in [3.8, 4) is 17.0 Å². The molecule has 0 spiro atoms. The molecule has 0 aliphatic rings. The average molecular weight is 305 g/mol. The van der Waals surface area contributed by atoms with Crippen LogP contribution in [-0.4, -0.2) is 22.8 Å². The first-order chi connectivity index (χ1) is 11.3. The highest BCUT2D eigenvalue weighted by molar-refractivity contribution is 5.63. The van der Waals surface area contributed by atoms with Gasteiger partial charge < -0.3 is 9.84 Å². The van der Waals surface area contributed by atoms with Crippen LogP contribution in [0.25, 0.3) is 11.3 Å². The van der Waals surface area contributed by atoms with Gasteiger partial charge in [-0.15, -0.1) is 0 Å². The van der Waals surface area contributed by atoms with Gasteiger partial charge in [-0.05, 0) is 29.8 Å². The number of pyridine rings is 1. The molecule has 0 bridgehead atoms. The van der Waals surface area contributed by atoms with Crippen LogP contribution in [-0.2, 0) is 6.42 Å². The predicted octanol–water partition coefficient (Wildman–Crippen LogP) is 3.73. The fourth-order valence-electron chi connectivity index (χ4n) is 2.49. The van der Waals surface area contributed by atoms with Crippen molar-refractivity contribution in [3.05, 3.63) is 84.6 Å². The number of rotatable bonds is 6. The van der Waals surface area contributed by atoms with E-state index in [1.807, 2.05) is 72.8 Å². The Balaban J connectivity index is 1.68. The quantitative estimate of drug-likeness (QED) is 0.754. The van der Waals surface area contributed by atoms with Crippen molar-refractivity contribution in [1.29, 1.82) is 0 Å². The molecule has 1 unspecified atom stereocenters. The Hall–Kier alpha value is -2.65. The van der Waals surface area contributed by atoms with Crippen LogP contribution in [0.4, 0.5) is 0 Å². The van der Waals surface area contributed by atoms with E-state index in [1.54, 1.807) is 6.20 Å². The Morgan fingerprint density at radius 1 is 0.870 bits per heavy atom. The molecule has 3 nitrogen and oxygen atoms in total. The summed E-state index contributed by atoms with van der Waals surface area (Å²) in [5.74, 6) is 0.768. The monoisotopic (exact) mass is 305 g/mol. The summed E-state index contributed by atoms with van der Waals surface area (Å²) in [7, 11) is 0. The van der Waals surface area contributed by atoms with Crippen molar-refractivity contribution in [1.82, 2.24) is 4.98 Å². The molecule has 0 aliphatic carbocycles. The minimum absolute atomic E-state index is 0.264. The summed E-state index contributed by atoms with van der Waals surface area (Å²) in [6, 6.07) is 23.4. The van der Waals surface area contributed by atoms with Crippen molar-refractivity contribution in [2.75, 3.05) is 6.61 Å². The topological polar surface area (TPSA) is 42.4 Å². The summed E-state index contributed by atoms with van der Waals surface area (Å²) in [5.41, 5.74) is 3.03. The highest BCUT2D eigenvalue weighted by atomic mass is 16.5. The first kappa shape index (κ1) is 15.3.